The van der Waals surface area contributed by atoms with Crippen molar-refractivity contribution in [2.24, 2.45) is 5.92 Å². The minimum absolute atomic E-state index is 0.104. The molecule has 2 rings (SSSR count). The van der Waals surface area contributed by atoms with Crippen molar-refractivity contribution in [1.29, 1.82) is 0 Å². The van der Waals surface area contributed by atoms with Crippen LogP contribution in [0.25, 0.3) is 0 Å². The van der Waals surface area contributed by atoms with E-state index in [1.807, 2.05) is 0 Å². The average molecular weight is 267 g/mol. The number of nitrogens with zero attached hydrogens (tertiary/aromatic N) is 1. The SMILES string of the molecule is CC1CCC(OCc2cccc([N+](=O)[O-])c2F)CC1. The highest BCUT2D eigenvalue weighted by Crippen LogP contribution is 2.27. The van der Waals surface area contributed by atoms with E-state index in [9.17, 15) is 14.5 Å². The van der Waals surface area contributed by atoms with Gasteiger partial charge < -0.3 is 4.74 Å². The van der Waals surface area contributed by atoms with Gasteiger partial charge in [-0.3, -0.25) is 10.1 Å². The van der Waals surface area contributed by atoms with Crippen LogP contribution in [0.5, 0.6) is 0 Å². The standard InChI is InChI=1S/C14H18FNO3/c1-10-5-7-12(8-6-10)19-9-11-3-2-4-13(14(11)15)16(17)18/h2-4,10,12H,5-9H2,1H3. The Morgan fingerprint density at radius 3 is 2.68 bits per heavy atom. The van der Waals surface area contributed by atoms with Gasteiger partial charge in [0.2, 0.25) is 5.82 Å². The van der Waals surface area contributed by atoms with Crippen LogP contribution in [0.1, 0.15) is 38.2 Å². The number of benzene rings is 1. The van der Waals surface area contributed by atoms with Gasteiger partial charge in [0.05, 0.1) is 17.6 Å². The molecule has 1 aliphatic rings. The molecule has 0 aliphatic heterocycles. The van der Waals surface area contributed by atoms with Crippen LogP contribution >= 0.6 is 0 Å². The highest BCUT2D eigenvalue weighted by molar-refractivity contribution is 5.36. The number of nitro benzene ring substituents is 1. The first-order chi connectivity index (χ1) is 9.08. The maximum atomic E-state index is 13.8. The molecule has 1 aliphatic carbocycles. The molecule has 19 heavy (non-hydrogen) atoms. The zero-order valence-electron chi connectivity index (χ0n) is 11.0. The average Bonchev–Trinajstić information content (AvgIpc) is 2.39. The highest BCUT2D eigenvalue weighted by Gasteiger charge is 2.21. The molecule has 5 heteroatoms. The van der Waals surface area contributed by atoms with E-state index in [-0.39, 0.29) is 18.3 Å². The summed E-state index contributed by atoms with van der Waals surface area (Å²) in [6.45, 7) is 2.32. The summed E-state index contributed by atoms with van der Waals surface area (Å²) in [5.41, 5.74) is -0.230. The summed E-state index contributed by atoms with van der Waals surface area (Å²) in [5, 5.41) is 10.6. The Balaban J connectivity index is 1.96. The van der Waals surface area contributed by atoms with E-state index in [1.54, 1.807) is 0 Å². The maximum Gasteiger partial charge on any atom is 0.305 e. The predicted molar refractivity (Wildman–Crippen MR) is 69.3 cm³/mol. The molecule has 0 atom stereocenters. The van der Waals surface area contributed by atoms with Crippen molar-refractivity contribution in [3.8, 4) is 0 Å². The largest absolute Gasteiger partial charge is 0.373 e. The van der Waals surface area contributed by atoms with E-state index in [4.69, 9.17) is 4.74 Å². The van der Waals surface area contributed by atoms with Gasteiger partial charge in [0, 0.05) is 11.6 Å². The van der Waals surface area contributed by atoms with Crippen molar-refractivity contribution in [3.05, 3.63) is 39.7 Å². The highest BCUT2D eigenvalue weighted by atomic mass is 19.1. The molecule has 1 aromatic rings. The predicted octanol–water partition coefficient (Wildman–Crippen LogP) is 3.83. The van der Waals surface area contributed by atoms with Crippen molar-refractivity contribution in [2.75, 3.05) is 0 Å². The summed E-state index contributed by atoms with van der Waals surface area (Å²) in [7, 11) is 0. The molecule has 0 radical (unpaired) electrons. The minimum Gasteiger partial charge on any atom is -0.373 e. The van der Waals surface area contributed by atoms with Crippen molar-refractivity contribution >= 4 is 5.69 Å². The Hall–Kier alpha value is -1.49. The summed E-state index contributed by atoms with van der Waals surface area (Å²) >= 11 is 0. The van der Waals surface area contributed by atoms with E-state index in [1.165, 1.54) is 18.2 Å². The van der Waals surface area contributed by atoms with Gasteiger partial charge >= 0.3 is 5.69 Å². The van der Waals surface area contributed by atoms with Gasteiger partial charge in [-0.05, 0) is 31.6 Å². The number of ether oxygens (including phenoxy) is 1. The fraction of sp³-hybridized carbons (Fsp3) is 0.571. The first kappa shape index (κ1) is 13.9. The number of hydrogen-bond acceptors (Lipinski definition) is 3. The fourth-order valence-corrected chi connectivity index (χ4v) is 2.42. The third-order valence-electron chi connectivity index (χ3n) is 3.69. The maximum absolute atomic E-state index is 13.8. The molecule has 0 aromatic heterocycles. The molecular formula is C14H18FNO3. The molecule has 4 nitrogen and oxygen atoms in total. The quantitative estimate of drug-likeness (QED) is 0.615. The Bertz CT molecular complexity index is 456. The number of rotatable bonds is 4. The van der Waals surface area contributed by atoms with Crippen molar-refractivity contribution in [3.63, 3.8) is 0 Å². The molecular weight excluding hydrogens is 249 g/mol. The molecule has 0 unspecified atom stereocenters. The van der Waals surface area contributed by atoms with Crippen LogP contribution in [-0.2, 0) is 11.3 Å². The molecule has 1 saturated carbocycles. The third kappa shape index (κ3) is 3.50. The van der Waals surface area contributed by atoms with E-state index < -0.39 is 16.4 Å². The van der Waals surface area contributed by atoms with E-state index in [2.05, 4.69) is 6.92 Å². The molecule has 0 amide bonds. The molecule has 0 N–H and O–H groups in total. The molecule has 0 spiro atoms. The topological polar surface area (TPSA) is 52.4 Å². The smallest absolute Gasteiger partial charge is 0.305 e. The summed E-state index contributed by atoms with van der Waals surface area (Å²) in [5.74, 6) is -0.0499. The van der Waals surface area contributed by atoms with Crippen molar-refractivity contribution < 1.29 is 14.1 Å². The lowest BCUT2D eigenvalue weighted by Gasteiger charge is -2.26. The second-order valence-corrected chi connectivity index (χ2v) is 5.20. The van der Waals surface area contributed by atoms with Gasteiger partial charge in [0.25, 0.3) is 0 Å². The molecule has 104 valence electrons. The van der Waals surface area contributed by atoms with E-state index in [0.29, 0.717) is 0 Å². The van der Waals surface area contributed by atoms with Crippen LogP contribution in [0.4, 0.5) is 10.1 Å². The van der Waals surface area contributed by atoms with Crippen molar-refractivity contribution in [2.45, 2.75) is 45.3 Å². The zero-order valence-corrected chi connectivity index (χ0v) is 11.0. The number of hydrogen-bond donors (Lipinski definition) is 0. The van der Waals surface area contributed by atoms with Crippen molar-refractivity contribution in [1.82, 2.24) is 0 Å². The normalized spacial score (nSPS) is 23.3. The monoisotopic (exact) mass is 267 g/mol. The summed E-state index contributed by atoms with van der Waals surface area (Å²) in [4.78, 5) is 9.93. The number of nitro groups is 1. The van der Waals surface area contributed by atoms with Crippen LogP contribution in [0.15, 0.2) is 18.2 Å². The summed E-state index contributed by atoms with van der Waals surface area (Å²) in [6.07, 6.45) is 4.37. The van der Waals surface area contributed by atoms with Crippen LogP contribution < -0.4 is 0 Å². The van der Waals surface area contributed by atoms with Gasteiger partial charge in [0.1, 0.15) is 0 Å². The Morgan fingerprint density at radius 2 is 2.05 bits per heavy atom. The third-order valence-corrected chi connectivity index (χ3v) is 3.69. The van der Waals surface area contributed by atoms with Gasteiger partial charge in [-0.1, -0.05) is 19.1 Å². The lowest BCUT2D eigenvalue weighted by Crippen LogP contribution is -2.20. The van der Waals surface area contributed by atoms with Gasteiger partial charge in [-0.25, -0.2) is 0 Å². The molecule has 1 aromatic carbocycles. The Morgan fingerprint density at radius 1 is 1.37 bits per heavy atom. The van der Waals surface area contributed by atoms with Crippen LogP contribution in [0, 0.1) is 21.8 Å². The first-order valence-electron chi connectivity index (χ1n) is 6.61. The van der Waals surface area contributed by atoms with E-state index in [0.717, 1.165) is 31.6 Å². The number of halogens is 1. The summed E-state index contributed by atoms with van der Waals surface area (Å²) in [6, 6.07) is 4.19. The lowest BCUT2D eigenvalue weighted by atomic mass is 9.89. The fourth-order valence-electron chi connectivity index (χ4n) is 2.42. The molecule has 0 bridgehead atoms. The van der Waals surface area contributed by atoms with Gasteiger partial charge in [0.15, 0.2) is 0 Å². The van der Waals surface area contributed by atoms with Gasteiger partial charge in [-0.15, -0.1) is 0 Å². The Labute approximate surface area is 111 Å². The zero-order chi connectivity index (χ0) is 13.8. The molecule has 0 heterocycles. The molecule has 1 fully saturated rings. The Kier molecular flexibility index (Phi) is 4.47. The molecule has 0 saturated heterocycles. The lowest BCUT2D eigenvalue weighted by molar-refractivity contribution is -0.387. The summed E-state index contributed by atoms with van der Waals surface area (Å²) < 4.78 is 19.5. The minimum atomic E-state index is -0.781. The second kappa shape index (κ2) is 6.10. The van der Waals surface area contributed by atoms with Crippen LogP contribution in [0.2, 0.25) is 0 Å². The van der Waals surface area contributed by atoms with E-state index >= 15 is 0 Å². The van der Waals surface area contributed by atoms with Gasteiger partial charge in [-0.2, -0.15) is 4.39 Å². The van der Waals surface area contributed by atoms with Crippen LogP contribution in [-0.4, -0.2) is 11.0 Å². The van der Waals surface area contributed by atoms with Crippen LogP contribution in [0.3, 0.4) is 0 Å². The second-order valence-electron chi connectivity index (χ2n) is 5.20. The first-order valence-corrected chi connectivity index (χ1v) is 6.61.